The van der Waals surface area contributed by atoms with E-state index in [1.54, 1.807) is 61.3 Å². The van der Waals surface area contributed by atoms with Gasteiger partial charge in [0, 0.05) is 61.2 Å². The van der Waals surface area contributed by atoms with Gasteiger partial charge in [0.15, 0.2) is 23.0 Å². The molecule has 328 valence electrons. The number of amides is 3. The molecule has 0 aromatic heterocycles. The van der Waals surface area contributed by atoms with E-state index >= 15 is 0 Å². The molecule has 1 N–H and O–H groups in total. The maximum absolute atomic E-state index is 12.8. The SMILES string of the molecule is CCNC(=O)c1cccc(N2C[C@@H](c3ccc(OC)c(OC4CCCC4)c3)CC2=O)c1.CCOC(=O)c1cccc(N2C[C@@H](c3ccc(OC)c(OC4CCCC4)c3)CC2=O)c1. The third-order valence-electron chi connectivity index (χ3n) is 12.2. The number of hydrogen-bond donors (Lipinski definition) is 1. The first-order valence-corrected chi connectivity index (χ1v) is 22.1. The number of methoxy groups -OCH3 is 2. The first-order chi connectivity index (χ1) is 30.2. The number of anilines is 2. The Morgan fingerprint density at radius 1 is 0.613 bits per heavy atom. The minimum absolute atomic E-state index is 0.0417. The van der Waals surface area contributed by atoms with Crippen LogP contribution in [0.2, 0.25) is 0 Å². The van der Waals surface area contributed by atoms with E-state index in [0.717, 1.165) is 65.5 Å². The molecule has 12 nitrogen and oxygen atoms in total. The van der Waals surface area contributed by atoms with Crippen LogP contribution in [0.4, 0.5) is 11.4 Å². The van der Waals surface area contributed by atoms with E-state index in [2.05, 4.69) is 5.32 Å². The Hall–Kier alpha value is -6.04. The molecule has 0 unspecified atom stereocenters. The predicted octanol–water partition coefficient (Wildman–Crippen LogP) is 9.00. The summed E-state index contributed by atoms with van der Waals surface area (Å²) < 4.78 is 28.5. The van der Waals surface area contributed by atoms with E-state index in [1.165, 1.54) is 25.7 Å². The Morgan fingerprint density at radius 2 is 1.08 bits per heavy atom. The van der Waals surface area contributed by atoms with Crippen LogP contribution < -0.4 is 34.1 Å². The highest BCUT2D eigenvalue weighted by Gasteiger charge is 2.34. The minimum Gasteiger partial charge on any atom is -0.493 e. The van der Waals surface area contributed by atoms with Gasteiger partial charge in [-0.1, -0.05) is 24.3 Å². The first-order valence-electron chi connectivity index (χ1n) is 22.1. The van der Waals surface area contributed by atoms with Gasteiger partial charge >= 0.3 is 5.97 Å². The number of nitrogens with one attached hydrogen (secondary N) is 1. The van der Waals surface area contributed by atoms with E-state index in [-0.39, 0.29) is 47.7 Å². The van der Waals surface area contributed by atoms with Crippen molar-refractivity contribution in [2.45, 2.75) is 102 Å². The second-order valence-corrected chi connectivity index (χ2v) is 16.4. The van der Waals surface area contributed by atoms with Crippen molar-refractivity contribution >= 4 is 35.1 Å². The largest absolute Gasteiger partial charge is 0.493 e. The third kappa shape index (κ3) is 10.5. The molecule has 2 saturated heterocycles. The molecule has 4 aromatic carbocycles. The molecule has 4 aromatic rings. The van der Waals surface area contributed by atoms with Crippen molar-refractivity contribution < 1.29 is 42.9 Å². The van der Waals surface area contributed by atoms with Crippen molar-refractivity contribution in [1.82, 2.24) is 5.32 Å². The highest BCUT2D eigenvalue weighted by atomic mass is 16.5. The lowest BCUT2D eigenvalue weighted by Crippen LogP contribution is -2.26. The quantitative estimate of drug-likeness (QED) is 0.124. The lowest BCUT2D eigenvalue weighted by molar-refractivity contribution is -0.118. The van der Waals surface area contributed by atoms with Crippen LogP contribution in [0, 0.1) is 0 Å². The van der Waals surface area contributed by atoms with Crippen LogP contribution in [0.5, 0.6) is 23.0 Å². The number of esters is 1. The molecule has 2 aliphatic heterocycles. The molecule has 8 rings (SSSR count). The topological polar surface area (TPSA) is 133 Å². The predicted molar refractivity (Wildman–Crippen MR) is 238 cm³/mol. The molecular formula is C50H59N3O9. The van der Waals surface area contributed by atoms with Crippen LogP contribution in [0.25, 0.3) is 0 Å². The molecule has 2 heterocycles. The van der Waals surface area contributed by atoms with Gasteiger partial charge in [0.1, 0.15) is 0 Å². The first kappa shape index (κ1) is 44.0. The zero-order valence-corrected chi connectivity index (χ0v) is 36.4. The van der Waals surface area contributed by atoms with Crippen molar-refractivity contribution in [3.05, 3.63) is 107 Å². The van der Waals surface area contributed by atoms with Crippen LogP contribution in [0.1, 0.15) is 122 Å². The van der Waals surface area contributed by atoms with Gasteiger partial charge < -0.3 is 38.8 Å². The van der Waals surface area contributed by atoms with Crippen LogP contribution in [-0.2, 0) is 14.3 Å². The third-order valence-corrected chi connectivity index (χ3v) is 12.2. The van der Waals surface area contributed by atoms with E-state index in [4.69, 9.17) is 23.7 Å². The van der Waals surface area contributed by atoms with Gasteiger partial charge in [-0.3, -0.25) is 14.4 Å². The summed E-state index contributed by atoms with van der Waals surface area (Å²) >= 11 is 0. The molecule has 4 fully saturated rings. The normalized spacial score (nSPS) is 19.0. The summed E-state index contributed by atoms with van der Waals surface area (Å²) in [5, 5.41) is 2.80. The van der Waals surface area contributed by atoms with Gasteiger partial charge in [-0.2, -0.15) is 0 Å². The number of carbonyl (C=O) groups is 4. The van der Waals surface area contributed by atoms with Crippen molar-refractivity contribution in [3.8, 4) is 23.0 Å². The second kappa shape index (κ2) is 20.7. The Balaban J connectivity index is 0.000000186. The smallest absolute Gasteiger partial charge is 0.338 e. The van der Waals surface area contributed by atoms with Crippen LogP contribution in [0.15, 0.2) is 84.9 Å². The van der Waals surface area contributed by atoms with Gasteiger partial charge in [0.2, 0.25) is 11.8 Å². The number of benzene rings is 4. The maximum Gasteiger partial charge on any atom is 0.338 e. The second-order valence-electron chi connectivity index (χ2n) is 16.4. The van der Waals surface area contributed by atoms with Crippen molar-refractivity contribution in [2.75, 3.05) is 50.3 Å². The monoisotopic (exact) mass is 845 g/mol. The fourth-order valence-corrected chi connectivity index (χ4v) is 8.90. The summed E-state index contributed by atoms with van der Waals surface area (Å²) in [6, 6.07) is 26.3. The molecular weight excluding hydrogens is 787 g/mol. The molecule has 0 bridgehead atoms. The van der Waals surface area contributed by atoms with Crippen LogP contribution in [0.3, 0.4) is 0 Å². The minimum atomic E-state index is -0.378. The summed E-state index contributed by atoms with van der Waals surface area (Å²) in [6.07, 6.45) is 10.4. The number of rotatable bonds is 14. The summed E-state index contributed by atoms with van der Waals surface area (Å²) in [7, 11) is 3.30. The fraction of sp³-hybridized carbons (Fsp3) is 0.440. The lowest BCUT2D eigenvalue weighted by atomic mass is 9.98. The van der Waals surface area contributed by atoms with Crippen molar-refractivity contribution in [3.63, 3.8) is 0 Å². The Labute approximate surface area is 364 Å². The van der Waals surface area contributed by atoms with Gasteiger partial charge in [-0.15, -0.1) is 0 Å². The zero-order valence-electron chi connectivity index (χ0n) is 36.4. The lowest BCUT2D eigenvalue weighted by Gasteiger charge is -2.20. The zero-order chi connectivity index (χ0) is 43.6. The Morgan fingerprint density at radius 3 is 1.53 bits per heavy atom. The molecule has 0 radical (unpaired) electrons. The average Bonchev–Trinajstić information content (AvgIpc) is 4.14. The Kier molecular flexibility index (Phi) is 14.7. The van der Waals surface area contributed by atoms with Gasteiger partial charge in [-0.25, -0.2) is 4.79 Å². The highest BCUT2D eigenvalue weighted by Crippen LogP contribution is 2.40. The van der Waals surface area contributed by atoms with Gasteiger partial charge in [-0.05, 0) is 137 Å². The standard InChI is InChI=1S/C25H30N2O4.C25H29NO5/c1-3-26-25(29)18-7-6-8-20(13-18)27-16-19(15-24(27)28)17-11-12-22(30-2)23(14-17)31-21-9-4-5-10-21;1-3-30-25(28)18-7-6-8-20(13-18)26-16-19(15-24(26)27)17-11-12-22(29-2)23(14-17)31-21-9-4-5-10-21/h6-8,11-14,19,21H,3-5,9-10,15-16H2,1-2H3,(H,26,29);6-8,11-14,19,21H,3-5,9-10,15-16H2,1-2H3/t2*19-/m00/s1. The number of nitrogens with zero attached hydrogens (tertiary/aromatic N) is 2. The van der Waals surface area contributed by atoms with Crippen molar-refractivity contribution in [2.24, 2.45) is 0 Å². The van der Waals surface area contributed by atoms with Crippen LogP contribution >= 0.6 is 0 Å². The number of hydrogen-bond acceptors (Lipinski definition) is 9. The molecule has 2 aliphatic carbocycles. The van der Waals surface area contributed by atoms with E-state index in [9.17, 15) is 19.2 Å². The summed E-state index contributed by atoms with van der Waals surface area (Å²) in [5.41, 5.74) is 4.62. The molecule has 4 aliphatic rings. The molecule has 3 amide bonds. The number of ether oxygens (including phenoxy) is 5. The van der Waals surface area contributed by atoms with Crippen molar-refractivity contribution in [1.29, 1.82) is 0 Å². The van der Waals surface area contributed by atoms with E-state index in [0.29, 0.717) is 55.9 Å². The maximum atomic E-state index is 12.8. The summed E-state index contributed by atoms with van der Waals surface area (Å²) in [4.78, 5) is 53.4. The molecule has 12 heteroatoms. The summed E-state index contributed by atoms with van der Waals surface area (Å²) in [6.45, 7) is 5.67. The average molecular weight is 846 g/mol. The van der Waals surface area contributed by atoms with E-state index < -0.39 is 0 Å². The molecule has 2 atom stereocenters. The number of carbonyl (C=O) groups excluding carboxylic acids is 4. The highest BCUT2D eigenvalue weighted by molar-refractivity contribution is 6.00. The Bertz CT molecular complexity index is 2060. The van der Waals surface area contributed by atoms with Gasteiger partial charge in [0.05, 0.1) is 38.6 Å². The fourth-order valence-electron chi connectivity index (χ4n) is 8.90. The van der Waals surface area contributed by atoms with E-state index in [1.807, 2.05) is 61.5 Å². The molecule has 62 heavy (non-hydrogen) atoms. The van der Waals surface area contributed by atoms with Crippen LogP contribution in [-0.4, -0.2) is 76.4 Å². The molecule has 0 spiro atoms. The molecule has 2 saturated carbocycles. The summed E-state index contributed by atoms with van der Waals surface area (Å²) in [5.74, 6) is 2.68. The van der Waals surface area contributed by atoms with Gasteiger partial charge in [0.25, 0.3) is 5.91 Å².